The number of hydrogen-bond acceptors (Lipinski definition) is 3. The zero-order valence-electron chi connectivity index (χ0n) is 14.5. The smallest absolute Gasteiger partial charge is 0.255 e. The zero-order chi connectivity index (χ0) is 17.4. The van der Waals surface area contributed by atoms with Crippen LogP contribution < -0.4 is 5.32 Å². The molecule has 4 rings (SSSR count). The maximum atomic E-state index is 12.5. The minimum Gasteiger partial charge on any atom is -0.379 e. The van der Waals surface area contributed by atoms with Crippen molar-refractivity contribution < 1.29 is 9.53 Å². The Morgan fingerprint density at radius 3 is 3.08 bits per heavy atom. The number of hydrogen-bond donors (Lipinski definition) is 2. The second-order valence-electron chi connectivity index (χ2n) is 6.66. The molecule has 0 spiro atoms. The number of nitrogens with one attached hydrogen (secondary N) is 2. The Morgan fingerprint density at radius 2 is 2.28 bits per heavy atom. The highest BCUT2D eigenvalue weighted by Crippen LogP contribution is 2.21. The topological polar surface area (TPSA) is 71.9 Å². The van der Waals surface area contributed by atoms with Gasteiger partial charge in [-0.05, 0) is 49.4 Å². The Morgan fingerprint density at radius 1 is 1.40 bits per heavy atom. The zero-order valence-corrected chi connectivity index (χ0v) is 14.5. The quantitative estimate of drug-likeness (QED) is 0.768. The Hall–Kier alpha value is -2.60. The summed E-state index contributed by atoms with van der Waals surface area (Å²) < 4.78 is 7.33. The minimum atomic E-state index is -0.0898. The molecule has 1 fully saturated rings. The van der Waals surface area contributed by atoms with Crippen molar-refractivity contribution in [3.63, 3.8) is 0 Å². The summed E-state index contributed by atoms with van der Waals surface area (Å²) in [6.45, 7) is 5.90. The molecule has 1 aromatic carbocycles. The number of aromatic amines is 1. The van der Waals surface area contributed by atoms with Gasteiger partial charge in [0.2, 0.25) is 0 Å². The van der Waals surface area contributed by atoms with Gasteiger partial charge in [-0.2, -0.15) is 5.10 Å². The molecule has 130 valence electrons. The van der Waals surface area contributed by atoms with Gasteiger partial charge in [0.15, 0.2) is 0 Å². The Balaban J connectivity index is 1.46. The van der Waals surface area contributed by atoms with Gasteiger partial charge in [-0.3, -0.25) is 9.48 Å². The summed E-state index contributed by atoms with van der Waals surface area (Å²) in [6, 6.07) is 8.53. The second kappa shape index (κ2) is 6.37. The van der Waals surface area contributed by atoms with Crippen LogP contribution in [0, 0.1) is 13.8 Å². The summed E-state index contributed by atoms with van der Waals surface area (Å²) in [7, 11) is 0. The summed E-state index contributed by atoms with van der Waals surface area (Å²) in [6.07, 6.45) is 2.60. The van der Waals surface area contributed by atoms with Gasteiger partial charge in [-0.1, -0.05) is 6.07 Å². The summed E-state index contributed by atoms with van der Waals surface area (Å²) in [5, 5.41) is 8.55. The lowest BCUT2D eigenvalue weighted by molar-refractivity contribution is 0.0950. The number of ether oxygens (including phenoxy) is 1. The third-order valence-electron chi connectivity index (χ3n) is 4.81. The van der Waals surface area contributed by atoms with E-state index in [1.807, 2.05) is 30.7 Å². The molecule has 1 aliphatic heterocycles. The number of aromatic nitrogens is 3. The fourth-order valence-corrected chi connectivity index (χ4v) is 3.44. The van der Waals surface area contributed by atoms with Crippen LogP contribution in [0.2, 0.25) is 0 Å². The van der Waals surface area contributed by atoms with Crippen LogP contribution in [-0.4, -0.2) is 33.9 Å². The fraction of sp³-hybridized carbons (Fsp3) is 0.368. The number of nitrogens with zero attached hydrogens (tertiary/aromatic N) is 2. The van der Waals surface area contributed by atoms with Gasteiger partial charge < -0.3 is 15.0 Å². The van der Waals surface area contributed by atoms with Gasteiger partial charge in [0.1, 0.15) is 0 Å². The van der Waals surface area contributed by atoms with E-state index >= 15 is 0 Å². The Bertz CT molecular complexity index is 919. The minimum absolute atomic E-state index is 0.0898. The van der Waals surface area contributed by atoms with Crippen molar-refractivity contribution in [2.75, 3.05) is 13.2 Å². The van der Waals surface area contributed by atoms with Crippen LogP contribution in [0.1, 0.15) is 39.8 Å². The molecule has 6 nitrogen and oxygen atoms in total. The van der Waals surface area contributed by atoms with Gasteiger partial charge in [-0.15, -0.1) is 0 Å². The van der Waals surface area contributed by atoms with Crippen molar-refractivity contribution in [1.82, 2.24) is 20.1 Å². The highest BCUT2D eigenvalue weighted by atomic mass is 16.5. The maximum absolute atomic E-state index is 12.5. The van der Waals surface area contributed by atoms with Crippen LogP contribution >= 0.6 is 0 Å². The number of benzene rings is 1. The number of amides is 1. The van der Waals surface area contributed by atoms with Crippen molar-refractivity contribution in [2.45, 2.75) is 32.9 Å². The fourth-order valence-electron chi connectivity index (χ4n) is 3.44. The number of carbonyl (C=O) groups excluding carboxylic acids is 1. The van der Waals surface area contributed by atoms with E-state index in [1.165, 1.54) is 0 Å². The predicted octanol–water partition coefficient (Wildman–Crippen LogP) is 2.87. The van der Waals surface area contributed by atoms with Crippen LogP contribution in [0.15, 0.2) is 30.5 Å². The van der Waals surface area contributed by atoms with Gasteiger partial charge in [-0.25, -0.2) is 0 Å². The molecule has 0 bridgehead atoms. The molecular formula is C19H22N4O2. The summed E-state index contributed by atoms with van der Waals surface area (Å²) in [4.78, 5) is 15.8. The van der Waals surface area contributed by atoms with Gasteiger partial charge in [0.25, 0.3) is 5.91 Å². The average Bonchev–Trinajstić information content (AvgIpc) is 3.30. The third-order valence-corrected chi connectivity index (χ3v) is 4.81. The number of fused-ring (bicyclic) bond motifs is 1. The van der Waals surface area contributed by atoms with E-state index in [9.17, 15) is 4.79 Å². The normalized spacial score (nSPS) is 17.3. The monoisotopic (exact) mass is 338 g/mol. The first-order valence-corrected chi connectivity index (χ1v) is 8.60. The second-order valence-corrected chi connectivity index (χ2v) is 6.66. The molecule has 3 aromatic rings. The molecule has 3 heterocycles. The first kappa shape index (κ1) is 15.9. The highest BCUT2D eigenvalue weighted by Gasteiger charge is 2.23. The molecule has 6 heteroatoms. The Labute approximate surface area is 146 Å². The molecule has 1 unspecified atom stereocenters. The van der Waals surface area contributed by atoms with Crippen molar-refractivity contribution >= 4 is 16.8 Å². The van der Waals surface area contributed by atoms with E-state index in [4.69, 9.17) is 4.74 Å². The van der Waals surface area contributed by atoms with Crippen LogP contribution in [-0.2, 0) is 11.3 Å². The molecule has 1 atom stereocenters. The Kier molecular flexibility index (Phi) is 4.05. The SMILES string of the molecule is Cc1cc2cc(CNC(=O)c3cnn(C4CCOC4)c3C)ccc2[nH]1. The van der Waals surface area contributed by atoms with Crippen molar-refractivity contribution in [1.29, 1.82) is 0 Å². The van der Waals surface area contributed by atoms with Crippen molar-refractivity contribution in [2.24, 2.45) is 0 Å². The summed E-state index contributed by atoms with van der Waals surface area (Å²) in [5.74, 6) is -0.0898. The molecule has 1 saturated heterocycles. The third kappa shape index (κ3) is 3.05. The van der Waals surface area contributed by atoms with E-state index in [1.54, 1.807) is 6.20 Å². The average molecular weight is 338 g/mol. The largest absolute Gasteiger partial charge is 0.379 e. The van der Waals surface area contributed by atoms with Gasteiger partial charge >= 0.3 is 0 Å². The maximum Gasteiger partial charge on any atom is 0.255 e. The molecule has 0 radical (unpaired) electrons. The number of H-pyrrole nitrogens is 1. The molecule has 1 amide bonds. The predicted molar refractivity (Wildman–Crippen MR) is 95.6 cm³/mol. The summed E-state index contributed by atoms with van der Waals surface area (Å²) in [5.41, 5.74) is 4.85. The van der Waals surface area contributed by atoms with E-state index in [2.05, 4.69) is 27.5 Å². The van der Waals surface area contributed by atoms with Crippen LogP contribution in [0.5, 0.6) is 0 Å². The van der Waals surface area contributed by atoms with E-state index < -0.39 is 0 Å². The van der Waals surface area contributed by atoms with Crippen LogP contribution in [0.4, 0.5) is 0 Å². The molecule has 2 N–H and O–H groups in total. The van der Waals surface area contributed by atoms with E-state index in [0.717, 1.165) is 40.9 Å². The summed E-state index contributed by atoms with van der Waals surface area (Å²) >= 11 is 0. The molecule has 0 saturated carbocycles. The van der Waals surface area contributed by atoms with Gasteiger partial charge in [0.05, 0.1) is 24.4 Å². The first-order chi connectivity index (χ1) is 12.1. The number of carbonyl (C=O) groups is 1. The van der Waals surface area contributed by atoms with Crippen LogP contribution in [0.25, 0.3) is 10.9 Å². The van der Waals surface area contributed by atoms with Crippen LogP contribution in [0.3, 0.4) is 0 Å². The lowest BCUT2D eigenvalue weighted by atomic mass is 10.1. The lowest BCUT2D eigenvalue weighted by Gasteiger charge is -2.11. The van der Waals surface area contributed by atoms with Gasteiger partial charge in [0, 0.05) is 30.1 Å². The standard InChI is InChI=1S/C19H22N4O2/c1-12-7-15-8-14(3-4-18(15)22-12)9-20-19(24)17-10-21-23(13(17)2)16-5-6-25-11-16/h3-4,7-8,10,16,22H,5-6,9,11H2,1-2H3,(H,20,24). The molecule has 1 aliphatic rings. The molecule has 0 aliphatic carbocycles. The van der Waals surface area contributed by atoms with Crippen molar-refractivity contribution in [3.05, 3.63) is 53.0 Å². The van der Waals surface area contributed by atoms with E-state index in [-0.39, 0.29) is 11.9 Å². The van der Waals surface area contributed by atoms with E-state index in [0.29, 0.717) is 18.7 Å². The number of rotatable bonds is 4. The molecular weight excluding hydrogens is 316 g/mol. The highest BCUT2D eigenvalue weighted by molar-refractivity contribution is 5.95. The lowest BCUT2D eigenvalue weighted by Crippen LogP contribution is -2.23. The molecule has 2 aromatic heterocycles. The molecule has 25 heavy (non-hydrogen) atoms. The first-order valence-electron chi connectivity index (χ1n) is 8.60. The van der Waals surface area contributed by atoms with Crippen molar-refractivity contribution in [3.8, 4) is 0 Å². The number of aryl methyl sites for hydroxylation is 1.